The van der Waals surface area contributed by atoms with E-state index in [1.807, 2.05) is 0 Å². The predicted molar refractivity (Wildman–Crippen MR) is 130 cm³/mol. The van der Waals surface area contributed by atoms with Crippen molar-refractivity contribution >= 4 is 33.6 Å². The molecule has 2 aliphatic rings. The first-order valence-corrected chi connectivity index (χ1v) is 11.0. The summed E-state index contributed by atoms with van der Waals surface area (Å²) in [5.74, 6) is -3.16. The van der Waals surface area contributed by atoms with Crippen LogP contribution in [0.25, 0.3) is 48.1 Å². The molecule has 0 unspecified atom stereocenters. The minimum Gasteiger partial charge on any atom is -0.237 e. The Bertz CT molecular complexity index is 2190. The summed E-state index contributed by atoms with van der Waals surface area (Å²) in [4.78, 5) is 28.1. The van der Waals surface area contributed by atoms with Crippen molar-refractivity contribution in [3.05, 3.63) is 116 Å². The first-order valence-electron chi connectivity index (χ1n) is 11.0. The second-order valence-electron chi connectivity index (χ2n) is 8.02. The van der Waals surface area contributed by atoms with Crippen LogP contribution in [0.3, 0.4) is 0 Å². The van der Waals surface area contributed by atoms with Crippen molar-refractivity contribution in [2.75, 3.05) is 0 Å². The van der Waals surface area contributed by atoms with Gasteiger partial charge in [-0.3, -0.25) is 0 Å². The Morgan fingerprint density at radius 2 is 1.14 bits per heavy atom. The van der Waals surface area contributed by atoms with E-state index in [2.05, 4.69) is 44.4 Å². The Kier molecular flexibility index (Phi) is 6.41. The molecular formula is C26HF5N12. The van der Waals surface area contributed by atoms with Crippen molar-refractivity contribution in [3.8, 4) is 18.2 Å². The minimum atomic E-state index is -1.65. The number of nitrogens with zero attached hydrogens (tertiary/aromatic N) is 12. The summed E-state index contributed by atoms with van der Waals surface area (Å²) in [5, 5.41) is 29.4. The van der Waals surface area contributed by atoms with Gasteiger partial charge in [-0.15, -0.1) is 0 Å². The zero-order valence-corrected chi connectivity index (χ0v) is 20.3. The van der Waals surface area contributed by atoms with Crippen LogP contribution in [-0.4, -0.2) is 29.9 Å². The fourth-order valence-corrected chi connectivity index (χ4v) is 4.58. The van der Waals surface area contributed by atoms with E-state index in [0.717, 1.165) is 6.07 Å². The van der Waals surface area contributed by atoms with Crippen LogP contribution >= 0.6 is 0 Å². The van der Waals surface area contributed by atoms with E-state index in [1.165, 1.54) is 6.07 Å². The molecule has 200 valence electrons. The lowest BCUT2D eigenvalue weighted by Crippen LogP contribution is -2.05. The van der Waals surface area contributed by atoms with Gasteiger partial charge in [0, 0.05) is 33.4 Å². The molecule has 3 aromatic rings. The fraction of sp³-hybridized carbons (Fsp3) is 0. The van der Waals surface area contributed by atoms with Gasteiger partial charge in [-0.2, -0.15) is 52.7 Å². The SMILES string of the molecule is [C-]#[N+]C1=C(c2nc(F)nc(F)n2)/C(=C(/C#N)[N+]#[C-])c2cc3c(c(F)c21)/C(=C(/C#N)[N+]#[C-])C(c1nc(F)nc(F)n1)=C3C#N. The molecule has 2 heterocycles. The molecule has 0 fully saturated rings. The number of rotatable bonds is 2. The van der Waals surface area contributed by atoms with Crippen LogP contribution in [0.4, 0.5) is 22.0 Å². The Labute approximate surface area is 235 Å². The van der Waals surface area contributed by atoms with Crippen LogP contribution in [-0.2, 0) is 0 Å². The Balaban J connectivity index is 2.00. The molecule has 0 amide bonds. The Morgan fingerprint density at radius 1 is 0.651 bits per heavy atom. The van der Waals surface area contributed by atoms with Crippen molar-refractivity contribution in [3.63, 3.8) is 0 Å². The largest absolute Gasteiger partial charge is 0.314 e. The summed E-state index contributed by atoms with van der Waals surface area (Å²) >= 11 is 0. The number of benzene rings is 1. The van der Waals surface area contributed by atoms with E-state index in [0.29, 0.717) is 0 Å². The maximum atomic E-state index is 16.7. The first-order chi connectivity index (χ1) is 20.6. The van der Waals surface area contributed by atoms with Gasteiger partial charge < -0.3 is 0 Å². The summed E-state index contributed by atoms with van der Waals surface area (Å²) in [6.07, 6.45) is -6.58. The van der Waals surface area contributed by atoms with Gasteiger partial charge in [-0.25, -0.2) is 29.4 Å². The number of fused-ring (bicyclic) bond motifs is 2. The minimum absolute atomic E-state index is 0.409. The quantitative estimate of drug-likeness (QED) is 0.246. The number of aromatic nitrogens is 6. The summed E-state index contributed by atoms with van der Waals surface area (Å²) in [5.41, 5.74) is -7.63. The third kappa shape index (κ3) is 3.99. The predicted octanol–water partition coefficient (Wildman–Crippen LogP) is 4.31. The van der Waals surface area contributed by atoms with Gasteiger partial charge in [0.2, 0.25) is 5.70 Å². The average molecular weight is 576 g/mol. The van der Waals surface area contributed by atoms with Crippen molar-refractivity contribution in [1.29, 1.82) is 15.8 Å². The smallest absolute Gasteiger partial charge is 0.237 e. The zero-order valence-electron chi connectivity index (χ0n) is 20.3. The van der Waals surface area contributed by atoms with Crippen molar-refractivity contribution in [1.82, 2.24) is 29.9 Å². The van der Waals surface area contributed by atoms with E-state index in [9.17, 15) is 33.3 Å². The molecule has 43 heavy (non-hydrogen) atoms. The first kappa shape index (κ1) is 27.4. The molecule has 2 aliphatic carbocycles. The number of hydrogen-bond acceptors (Lipinski definition) is 9. The van der Waals surface area contributed by atoms with Crippen LogP contribution in [0, 0.1) is 83.8 Å². The molecule has 17 heteroatoms. The molecule has 0 aliphatic heterocycles. The highest BCUT2D eigenvalue weighted by atomic mass is 19.2. The highest BCUT2D eigenvalue weighted by Crippen LogP contribution is 2.55. The normalized spacial score (nSPS) is 15.3. The Morgan fingerprint density at radius 3 is 1.58 bits per heavy atom. The standard InChI is InChI=1S/C26HF5N12/c1-35-11(6-33)13-9-4-8-10(5-32)15(21-38-23(28)42-24(29)39-21)17(12(7-34)36-2)14(8)19(27)16(9)20(37-3)18(13)22-40-25(30)43-26(31)41-22/h4H/b13-11-,17-12+. The lowest BCUT2D eigenvalue weighted by atomic mass is 9.92. The van der Waals surface area contributed by atoms with E-state index in [-0.39, 0.29) is 0 Å². The second-order valence-corrected chi connectivity index (χ2v) is 8.02. The average Bonchev–Trinajstić information content (AvgIpc) is 3.47. The molecule has 0 atom stereocenters. The number of halogens is 5. The van der Waals surface area contributed by atoms with Crippen molar-refractivity contribution in [2.24, 2.45) is 0 Å². The van der Waals surface area contributed by atoms with Gasteiger partial charge in [0.1, 0.15) is 11.9 Å². The van der Waals surface area contributed by atoms with Gasteiger partial charge in [-0.05, 0) is 17.2 Å². The van der Waals surface area contributed by atoms with Gasteiger partial charge in [0.15, 0.2) is 11.6 Å². The fourth-order valence-electron chi connectivity index (χ4n) is 4.58. The number of allylic oxidation sites excluding steroid dienone is 7. The lowest BCUT2D eigenvalue weighted by molar-refractivity contribution is 0.451. The second kappa shape index (κ2) is 10.1. The maximum absolute atomic E-state index is 16.7. The summed E-state index contributed by atoms with van der Waals surface area (Å²) in [7, 11) is 0. The number of hydrogen-bond donors (Lipinski definition) is 0. The molecule has 0 N–H and O–H groups in total. The molecule has 0 radical (unpaired) electrons. The Hall–Kier alpha value is -7.21. The third-order valence-electron chi connectivity index (χ3n) is 6.02. The molecule has 1 aromatic carbocycles. The maximum Gasteiger partial charge on any atom is 0.314 e. The molecule has 0 saturated carbocycles. The molecular weight excluding hydrogens is 575 g/mol. The van der Waals surface area contributed by atoms with E-state index >= 15 is 4.39 Å². The molecule has 5 rings (SSSR count). The van der Waals surface area contributed by atoms with Crippen LogP contribution in [0.1, 0.15) is 33.9 Å². The summed E-state index contributed by atoms with van der Waals surface area (Å²) < 4.78 is 72.6. The van der Waals surface area contributed by atoms with Crippen LogP contribution in [0.5, 0.6) is 0 Å². The highest BCUT2D eigenvalue weighted by Gasteiger charge is 2.42. The highest BCUT2D eigenvalue weighted by molar-refractivity contribution is 6.28. The monoisotopic (exact) mass is 576 g/mol. The summed E-state index contributed by atoms with van der Waals surface area (Å²) in [6, 6.07) is 5.73. The topological polar surface area (TPSA) is 162 Å². The molecule has 2 aromatic heterocycles. The van der Waals surface area contributed by atoms with E-state index < -0.39 is 109 Å². The van der Waals surface area contributed by atoms with Gasteiger partial charge >= 0.3 is 24.3 Å². The summed E-state index contributed by atoms with van der Waals surface area (Å²) in [6.45, 7) is 22.6. The third-order valence-corrected chi connectivity index (χ3v) is 6.02. The lowest BCUT2D eigenvalue weighted by Gasteiger charge is -2.13. The van der Waals surface area contributed by atoms with Crippen LogP contribution in [0.15, 0.2) is 17.5 Å². The van der Waals surface area contributed by atoms with Gasteiger partial charge in [-0.1, -0.05) is 0 Å². The number of nitriles is 3. The van der Waals surface area contributed by atoms with Crippen LogP contribution in [0.2, 0.25) is 0 Å². The van der Waals surface area contributed by atoms with Gasteiger partial charge in [0.25, 0.3) is 11.4 Å². The molecule has 0 bridgehead atoms. The molecule has 0 saturated heterocycles. The van der Waals surface area contributed by atoms with E-state index in [4.69, 9.17) is 19.7 Å². The van der Waals surface area contributed by atoms with Crippen LogP contribution < -0.4 is 0 Å². The molecule has 12 nitrogen and oxygen atoms in total. The molecule has 0 spiro atoms. The van der Waals surface area contributed by atoms with Gasteiger partial charge in [0.05, 0.1) is 37.4 Å². The zero-order chi connectivity index (χ0) is 31.2. The van der Waals surface area contributed by atoms with E-state index in [1.54, 1.807) is 12.1 Å². The van der Waals surface area contributed by atoms with Crippen molar-refractivity contribution in [2.45, 2.75) is 0 Å². The van der Waals surface area contributed by atoms with Crippen molar-refractivity contribution < 1.29 is 22.0 Å².